The maximum atomic E-state index is 12.3. The van der Waals surface area contributed by atoms with Crippen molar-refractivity contribution in [2.45, 2.75) is 40.0 Å². The van der Waals surface area contributed by atoms with Gasteiger partial charge in [-0.2, -0.15) is 23.8 Å². The Hall–Kier alpha value is -1.45. The van der Waals surface area contributed by atoms with Crippen LogP contribution in [0.25, 0.3) is 6.08 Å². The van der Waals surface area contributed by atoms with E-state index >= 15 is 0 Å². The first kappa shape index (κ1) is 23.6. The summed E-state index contributed by atoms with van der Waals surface area (Å²) in [4.78, 5) is 12.3. The van der Waals surface area contributed by atoms with Gasteiger partial charge in [-0.15, -0.1) is 11.1 Å². The van der Waals surface area contributed by atoms with Gasteiger partial charge in [0.2, 0.25) is 0 Å². The second-order valence-electron chi connectivity index (χ2n) is 6.37. The summed E-state index contributed by atoms with van der Waals surface area (Å²) in [6.45, 7) is 7.29. The molecule has 141 valence electrons. The molecule has 4 heteroatoms. The summed E-state index contributed by atoms with van der Waals surface area (Å²) in [5, 5.41) is 3.18. The Bertz CT molecular complexity index is 741. The topological polar surface area (TPSA) is 38.3 Å². The molecule has 0 aromatic heterocycles. The van der Waals surface area contributed by atoms with Crippen molar-refractivity contribution in [2.75, 3.05) is 13.2 Å². The summed E-state index contributed by atoms with van der Waals surface area (Å²) in [5.74, 6) is -0.300. The molecule has 0 aliphatic heterocycles. The van der Waals surface area contributed by atoms with Crippen LogP contribution in [-0.4, -0.2) is 19.1 Å². The van der Waals surface area contributed by atoms with Crippen LogP contribution < -0.4 is 5.32 Å². The Morgan fingerprint density at radius 2 is 1.93 bits per heavy atom. The van der Waals surface area contributed by atoms with Crippen molar-refractivity contribution in [3.63, 3.8) is 0 Å². The van der Waals surface area contributed by atoms with Crippen LogP contribution in [0.2, 0.25) is 0 Å². The molecular formula is C23H28NO2Y-. The number of rotatable bonds is 9. The third-order valence-corrected chi connectivity index (χ3v) is 4.05. The van der Waals surface area contributed by atoms with Gasteiger partial charge < -0.3 is 10.1 Å². The molecule has 0 aliphatic rings. The van der Waals surface area contributed by atoms with Gasteiger partial charge in [0, 0.05) is 39.3 Å². The molecule has 0 amide bonds. The average Bonchev–Trinajstić information content (AvgIpc) is 2.66. The third-order valence-electron chi connectivity index (χ3n) is 4.05. The Kier molecular flexibility index (Phi) is 11.2. The predicted molar refractivity (Wildman–Crippen MR) is 107 cm³/mol. The van der Waals surface area contributed by atoms with Gasteiger partial charge in [-0.05, 0) is 19.3 Å². The van der Waals surface area contributed by atoms with Gasteiger partial charge in [-0.3, -0.25) is 0 Å². The molecule has 0 heterocycles. The molecule has 0 saturated heterocycles. The molecule has 0 unspecified atom stereocenters. The van der Waals surface area contributed by atoms with E-state index in [1.165, 1.54) is 11.1 Å². The molecule has 0 atom stereocenters. The third kappa shape index (κ3) is 7.98. The van der Waals surface area contributed by atoms with E-state index in [-0.39, 0.29) is 38.7 Å². The van der Waals surface area contributed by atoms with Crippen molar-refractivity contribution in [3.05, 3.63) is 76.5 Å². The standard InChI is InChI=1S/C23H28NO2.Y/c1-4-13-24-22(23(25)26-14-5-2)17-20-12-11-18(3)21(16-20)15-19-9-7-6-8-10-19;/h6-10,12,16-17,24H,4-5,13-15H2,1-3H3;/q-1;/b22-17-;. The van der Waals surface area contributed by atoms with Crippen molar-refractivity contribution < 1.29 is 42.2 Å². The minimum absolute atomic E-state index is 0. The molecule has 1 radical (unpaired) electrons. The molecule has 27 heavy (non-hydrogen) atoms. The van der Waals surface area contributed by atoms with Crippen LogP contribution >= 0.6 is 0 Å². The molecule has 3 nitrogen and oxygen atoms in total. The number of carbonyl (C=O) groups is 1. The SMILES string of the molecule is CCCN/C(=C\c1c[c-]c(C)c(Cc2ccccc2)c1)C(=O)OCCC.[Y]. The van der Waals surface area contributed by atoms with Crippen LogP contribution in [0, 0.1) is 13.0 Å². The summed E-state index contributed by atoms with van der Waals surface area (Å²) in [5.41, 5.74) is 5.05. The van der Waals surface area contributed by atoms with Crippen LogP contribution in [0.1, 0.15) is 48.9 Å². The zero-order valence-corrected chi connectivity index (χ0v) is 19.4. The van der Waals surface area contributed by atoms with E-state index in [4.69, 9.17) is 4.74 Å². The molecule has 0 fully saturated rings. The van der Waals surface area contributed by atoms with Gasteiger partial charge >= 0.3 is 5.97 Å². The summed E-state index contributed by atoms with van der Waals surface area (Å²) < 4.78 is 5.29. The molecule has 0 aliphatic carbocycles. The summed E-state index contributed by atoms with van der Waals surface area (Å²) in [7, 11) is 0. The number of carbonyl (C=O) groups excluding carboxylic acids is 1. The van der Waals surface area contributed by atoms with Gasteiger partial charge in [0.1, 0.15) is 5.70 Å². The second kappa shape index (κ2) is 12.9. The summed E-state index contributed by atoms with van der Waals surface area (Å²) in [6.07, 6.45) is 4.46. The van der Waals surface area contributed by atoms with Crippen LogP contribution in [0.15, 0.2) is 48.2 Å². The zero-order chi connectivity index (χ0) is 18.8. The maximum Gasteiger partial charge on any atom is 0.353 e. The summed E-state index contributed by atoms with van der Waals surface area (Å²) in [6, 6.07) is 17.7. The zero-order valence-electron chi connectivity index (χ0n) is 16.5. The molecule has 0 bridgehead atoms. The number of nitrogens with one attached hydrogen (secondary N) is 1. The Morgan fingerprint density at radius 1 is 1.19 bits per heavy atom. The van der Waals surface area contributed by atoms with Crippen LogP contribution in [0.4, 0.5) is 0 Å². The average molecular weight is 439 g/mol. The number of aryl methyl sites for hydroxylation is 1. The van der Waals surface area contributed by atoms with E-state index in [2.05, 4.69) is 55.6 Å². The quantitative estimate of drug-likeness (QED) is 0.351. The molecule has 0 saturated carbocycles. The van der Waals surface area contributed by atoms with E-state index in [0.717, 1.165) is 36.9 Å². The molecule has 2 rings (SSSR count). The van der Waals surface area contributed by atoms with E-state index in [1.54, 1.807) is 0 Å². The number of hydrogen-bond donors (Lipinski definition) is 1. The molecule has 2 aromatic carbocycles. The van der Waals surface area contributed by atoms with Crippen molar-refractivity contribution in [3.8, 4) is 0 Å². The maximum absolute atomic E-state index is 12.3. The normalized spacial score (nSPS) is 10.9. The molecule has 1 N–H and O–H groups in total. The van der Waals surface area contributed by atoms with Crippen molar-refractivity contribution in [1.29, 1.82) is 0 Å². The first-order valence-corrected chi connectivity index (χ1v) is 9.31. The Labute approximate surface area is 188 Å². The molecule has 0 spiro atoms. The molecule has 2 aromatic rings. The Balaban J connectivity index is 0.00000364. The van der Waals surface area contributed by atoms with Crippen LogP contribution in [0.3, 0.4) is 0 Å². The largest absolute Gasteiger partial charge is 0.461 e. The van der Waals surface area contributed by atoms with Crippen LogP contribution in [-0.2, 0) is 48.7 Å². The fourth-order valence-corrected chi connectivity index (χ4v) is 2.60. The number of esters is 1. The Morgan fingerprint density at radius 3 is 2.59 bits per heavy atom. The first-order valence-electron chi connectivity index (χ1n) is 9.31. The fraction of sp³-hybridized carbons (Fsp3) is 0.348. The van der Waals surface area contributed by atoms with Crippen LogP contribution in [0.5, 0.6) is 0 Å². The number of benzene rings is 2. The van der Waals surface area contributed by atoms with Crippen molar-refractivity contribution in [2.24, 2.45) is 0 Å². The minimum atomic E-state index is -0.300. The second-order valence-corrected chi connectivity index (χ2v) is 6.37. The van der Waals surface area contributed by atoms with Crippen molar-refractivity contribution >= 4 is 12.0 Å². The number of ether oxygens (including phenoxy) is 1. The first-order chi connectivity index (χ1) is 12.6. The smallest absolute Gasteiger partial charge is 0.353 e. The fourth-order valence-electron chi connectivity index (χ4n) is 2.60. The minimum Gasteiger partial charge on any atom is -0.461 e. The van der Waals surface area contributed by atoms with Gasteiger partial charge in [-0.25, -0.2) is 4.79 Å². The summed E-state index contributed by atoms with van der Waals surface area (Å²) >= 11 is 0. The van der Waals surface area contributed by atoms with Gasteiger partial charge in [0.05, 0.1) is 6.61 Å². The van der Waals surface area contributed by atoms with Gasteiger partial charge in [0.25, 0.3) is 0 Å². The van der Waals surface area contributed by atoms with Gasteiger partial charge in [-0.1, -0.05) is 62.7 Å². The van der Waals surface area contributed by atoms with E-state index in [9.17, 15) is 4.79 Å². The van der Waals surface area contributed by atoms with E-state index in [0.29, 0.717) is 12.3 Å². The predicted octanol–water partition coefficient (Wildman–Crippen LogP) is 4.68. The van der Waals surface area contributed by atoms with E-state index in [1.807, 2.05) is 25.1 Å². The van der Waals surface area contributed by atoms with Gasteiger partial charge in [0.15, 0.2) is 0 Å². The monoisotopic (exact) mass is 439 g/mol. The molecular weight excluding hydrogens is 411 g/mol. The number of hydrogen-bond acceptors (Lipinski definition) is 3. The van der Waals surface area contributed by atoms with Crippen molar-refractivity contribution in [1.82, 2.24) is 5.32 Å². The van der Waals surface area contributed by atoms with E-state index < -0.39 is 0 Å².